The van der Waals surface area contributed by atoms with Crippen molar-refractivity contribution in [1.82, 2.24) is 9.97 Å². The van der Waals surface area contributed by atoms with Gasteiger partial charge in [0.25, 0.3) is 0 Å². The highest BCUT2D eigenvalue weighted by Crippen LogP contribution is 2.26. The van der Waals surface area contributed by atoms with Gasteiger partial charge in [-0.2, -0.15) is 11.8 Å². The molecule has 2 aromatic carbocycles. The summed E-state index contributed by atoms with van der Waals surface area (Å²) < 4.78 is 41.0. The average Bonchev–Trinajstić information content (AvgIpc) is 2.58. The first-order valence-electron chi connectivity index (χ1n) is 7.39. The zero-order chi connectivity index (χ0) is 17.8. The van der Waals surface area contributed by atoms with Crippen LogP contribution >= 0.6 is 11.8 Å². The lowest BCUT2D eigenvalue weighted by molar-refractivity contribution is 0.580. The zero-order valence-corrected chi connectivity index (χ0v) is 14.1. The van der Waals surface area contributed by atoms with Gasteiger partial charge in [-0.25, -0.2) is 23.1 Å². The number of hydrogen-bond donors (Lipinski definition) is 1. The molecule has 0 radical (unpaired) electrons. The smallest absolute Gasteiger partial charge is 0.227 e. The predicted octanol–water partition coefficient (Wildman–Crippen LogP) is 5.17. The molecule has 1 heterocycles. The van der Waals surface area contributed by atoms with E-state index in [9.17, 15) is 13.2 Å². The second-order valence-electron chi connectivity index (χ2n) is 5.27. The van der Waals surface area contributed by atoms with Crippen molar-refractivity contribution in [1.29, 1.82) is 0 Å². The minimum atomic E-state index is -0.884. The van der Waals surface area contributed by atoms with Crippen LogP contribution in [-0.4, -0.2) is 16.2 Å². The van der Waals surface area contributed by atoms with Gasteiger partial charge in [0.05, 0.1) is 6.20 Å². The number of nitrogens with one attached hydrogen (secondary N) is 1. The van der Waals surface area contributed by atoms with E-state index in [0.29, 0.717) is 6.07 Å². The first kappa shape index (κ1) is 17.3. The lowest BCUT2D eigenvalue weighted by Gasteiger charge is -2.09. The molecular formula is C18H14F3N3S. The molecule has 0 saturated carbocycles. The molecule has 0 aliphatic heterocycles. The van der Waals surface area contributed by atoms with Crippen molar-refractivity contribution >= 4 is 23.4 Å². The normalized spacial score (nSPS) is 10.7. The number of halogens is 3. The monoisotopic (exact) mass is 361 g/mol. The molecule has 0 atom stereocenters. The molecule has 1 aromatic heterocycles. The number of hydrogen-bond acceptors (Lipinski definition) is 4. The van der Waals surface area contributed by atoms with Crippen LogP contribution in [0.3, 0.4) is 0 Å². The Morgan fingerprint density at radius 1 is 1.04 bits per heavy atom. The topological polar surface area (TPSA) is 37.8 Å². The molecule has 3 rings (SSSR count). The summed E-state index contributed by atoms with van der Waals surface area (Å²) in [5.74, 6) is -1.43. The van der Waals surface area contributed by atoms with E-state index in [1.807, 2.05) is 30.5 Å². The van der Waals surface area contributed by atoms with E-state index >= 15 is 0 Å². The molecule has 0 spiro atoms. The molecule has 0 aliphatic carbocycles. The van der Waals surface area contributed by atoms with Crippen LogP contribution in [-0.2, 0) is 5.75 Å². The minimum Gasteiger partial charge on any atom is -0.324 e. The van der Waals surface area contributed by atoms with Crippen LogP contribution in [0.5, 0.6) is 0 Å². The second kappa shape index (κ2) is 7.57. The van der Waals surface area contributed by atoms with Gasteiger partial charge in [-0.1, -0.05) is 12.1 Å². The van der Waals surface area contributed by atoms with Crippen LogP contribution in [0.2, 0.25) is 0 Å². The van der Waals surface area contributed by atoms with E-state index < -0.39 is 17.5 Å². The summed E-state index contributed by atoms with van der Waals surface area (Å²) in [6, 6.07) is 10.5. The number of benzene rings is 2. The van der Waals surface area contributed by atoms with Gasteiger partial charge < -0.3 is 5.32 Å². The lowest BCUT2D eigenvalue weighted by atomic mass is 10.1. The van der Waals surface area contributed by atoms with E-state index in [2.05, 4.69) is 15.3 Å². The fourth-order valence-electron chi connectivity index (χ4n) is 2.33. The van der Waals surface area contributed by atoms with Gasteiger partial charge in [0.15, 0.2) is 5.82 Å². The molecule has 0 saturated heterocycles. The maximum absolute atomic E-state index is 14.0. The highest BCUT2D eigenvalue weighted by molar-refractivity contribution is 7.97. The molecular weight excluding hydrogens is 347 g/mol. The molecule has 1 N–H and O–H groups in total. The Labute approximate surface area is 147 Å². The molecule has 25 heavy (non-hydrogen) atoms. The average molecular weight is 361 g/mol. The molecule has 7 heteroatoms. The van der Waals surface area contributed by atoms with Gasteiger partial charge in [-0.05, 0) is 36.1 Å². The van der Waals surface area contributed by atoms with E-state index in [1.165, 1.54) is 0 Å². The molecule has 0 fully saturated rings. The SMILES string of the molecule is CSCc1cccc(Nc2ncc(F)c(-c3ccc(F)cc3F)n2)c1. The standard InChI is InChI=1S/C18H14F3N3S/c1-25-10-11-3-2-4-13(7-11)23-18-22-9-16(21)17(24-18)14-6-5-12(19)8-15(14)20/h2-9H,10H2,1H3,(H,22,23,24). The van der Waals surface area contributed by atoms with E-state index in [4.69, 9.17) is 0 Å². The fraction of sp³-hybridized carbons (Fsp3) is 0.111. The van der Waals surface area contributed by atoms with Crippen molar-refractivity contribution in [3.05, 3.63) is 71.7 Å². The summed E-state index contributed by atoms with van der Waals surface area (Å²) in [5, 5.41) is 2.98. The van der Waals surface area contributed by atoms with Crippen molar-refractivity contribution in [3.63, 3.8) is 0 Å². The Morgan fingerprint density at radius 2 is 1.88 bits per heavy atom. The molecule has 0 bridgehead atoms. The highest BCUT2D eigenvalue weighted by Gasteiger charge is 2.14. The molecule has 0 amide bonds. The largest absolute Gasteiger partial charge is 0.324 e. The van der Waals surface area contributed by atoms with Crippen molar-refractivity contribution in [2.24, 2.45) is 0 Å². The van der Waals surface area contributed by atoms with Gasteiger partial charge in [0, 0.05) is 23.1 Å². The summed E-state index contributed by atoms with van der Waals surface area (Å²) >= 11 is 1.69. The summed E-state index contributed by atoms with van der Waals surface area (Å²) in [6.07, 6.45) is 2.96. The van der Waals surface area contributed by atoms with Crippen LogP contribution < -0.4 is 5.32 Å². The number of aromatic nitrogens is 2. The molecule has 3 nitrogen and oxygen atoms in total. The summed E-state index contributed by atoms with van der Waals surface area (Å²) in [6.45, 7) is 0. The molecule has 0 aliphatic rings. The van der Waals surface area contributed by atoms with Crippen LogP contribution in [0, 0.1) is 17.5 Å². The highest BCUT2D eigenvalue weighted by atomic mass is 32.2. The first-order chi connectivity index (χ1) is 12.1. The fourth-order valence-corrected chi connectivity index (χ4v) is 2.85. The summed E-state index contributed by atoms with van der Waals surface area (Å²) in [4.78, 5) is 7.92. The zero-order valence-electron chi connectivity index (χ0n) is 13.3. The van der Waals surface area contributed by atoms with Gasteiger partial charge in [-0.3, -0.25) is 0 Å². The molecule has 0 unspecified atom stereocenters. The Hall–Kier alpha value is -2.54. The first-order valence-corrected chi connectivity index (χ1v) is 8.79. The van der Waals surface area contributed by atoms with Crippen LogP contribution in [0.15, 0.2) is 48.7 Å². The third kappa shape index (κ3) is 4.11. The number of nitrogens with zero attached hydrogens (tertiary/aromatic N) is 2. The van der Waals surface area contributed by atoms with Gasteiger partial charge in [0.2, 0.25) is 5.95 Å². The van der Waals surface area contributed by atoms with Gasteiger partial charge in [0.1, 0.15) is 17.3 Å². The van der Waals surface area contributed by atoms with E-state index in [1.54, 1.807) is 11.8 Å². The quantitative estimate of drug-likeness (QED) is 0.681. The van der Waals surface area contributed by atoms with E-state index in [0.717, 1.165) is 35.3 Å². The third-order valence-corrected chi connectivity index (χ3v) is 4.05. The number of thioether (sulfide) groups is 1. The van der Waals surface area contributed by atoms with Crippen LogP contribution in [0.1, 0.15) is 5.56 Å². The van der Waals surface area contributed by atoms with Crippen molar-refractivity contribution in [3.8, 4) is 11.3 Å². The Morgan fingerprint density at radius 3 is 2.64 bits per heavy atom. The van der Waals surface area contributed by atoms with Crippen LogP contribution in [0.4, 0.5) is 24.8 Å². The van der Waals surface area contributed by atoms with Crippen LogP contribution in [0.25, 0.3) is 11.3 Å². The Bertz CT molecular complexity index is 902. The summed E-state index contributed by atoms with van der Waals surface area (Å²) in [5.41, 5.74) is 1.50. The maximum atomic E-state index is 14.0. The van der Waals surface area contributed by atoms with Gasteiger partial charge in [-0.15, -0.1) is 0 Å². The lowest BCUT2D eigenvalue weighted by Crippen LogP contribution is -2.02. The minimum absolute atomic E-state index is 0.125. The Kier molecular flexibility index (Phi) is 5.23. The van der Waals surface area contributed by atoms with Crippen molar-refractivity contribution < 1.29 is 13.2 Å². The van der Waals surface area contributed by atoms with Gasteiger partial charge >= 0.3 is 0 Å². The van der Waals surface area contributed by atoms with E-state index in [-0.39, 0.29) is 17.2 Å². The van der Waals surface area contributed by atoms with Crippen molar-refractivity contribution in [2.45, 2.75) is 5.75 Å². The predicted molar refractivity (Wildman–Crippen MR) is 94.3 cm³/mol. The number of anilines is 2. The Balaban J connectivity index is 1.93. The third-order valence-electron chi connectivity index (χ3n) is 3.42. The molecule has 3 aromatic rings. The maximum Gasteiger partial charge on any atom is 0.227 e. The summed E-state index contributed by atoms with van der Waals surface area (Å²) in [7, 11) is 0. The second-order valence-corrected chi connectivity index (χ2v) is 6.14. The van der Waals surface area contributed by atoms with Crippen molar-refractivity contribution in [2.75, 3.05) is 11.6 Å². The molecule has 128 valence electrons. The number of rotatable bonds is 5.